The number of unbranched alkanes of at least 4 members (excludes halogenated alkanes) is 3. The van der Waals surface area contributed by atoms with E-state index in [-0.39, 0.29) is 12.7 Å². The Kier molecular flexibility index (Phi) is 15.9. The van der Waals surface area contributed by atoms with Gasteiger partial charge in [0.2, 0.25) is 0 Å². The van der Waals surface area contributed by atoms with Crippen LogP contribution in [0.4, 0.5) is 0 Å². The molecule has 1 aliphatic heterocycles. The van der Waals surface area contributed by atoms with Crippen LogP contribution in [0.15, 0.2) is 0 Å². The van der Waals surface area contributed by atoms with Gasteiger partial charge in [0.15, 0.2) is 0 Å². The second-order valence-electron chi connectivity index (χ2n) is 5.62. The van der Waals surface area contributed by atoms with Gasteiger partial charge >= 0.3 is 0 Å². The first kappa shape index (κ1) is 21.8. The SMILES string of the molecule is OCCCCCCOC1COCCOCCOCCOCCOC1. The number of hydrogen-bond donors (Lipinski definition) is 1. The molecule has 0 bridgehead atoms. The monoisotopic (exact) mass is 350 g/mol. The third-order valence-corrected chi connectivity index (χ3v) is 3.50. The van der Waals surface area contributed by atoms with Crippen LogP contribution in [-0.4, -0.2) is 90.5 Å². The fourth-order valence-corrected chi connectivity index (χ4v) is 2.17. The van der Waals surface area contributed by atoms with Gasteiger partial charge in [-0.05, 0) is 12.8 Å². The van der Waals surface area contributed by atoms with Crippen LogP contribution in [0.25, 0.3) is 0 Å². The Labute approximate surface area is 145 Å². The molecule has 0 radical (unpaired) electrons. The van der Waals surface area contributed by atoms with Gasteiger partial charge < -0.3 is 33.5 Å². The van der Waals surface area contributed by atoms with E-state index in [0.29, 0.717) is 72.7 Å². The molecule has 1 aliphatic rings. The summed E-state index contributed by atoms with van der Waals surface area (Å²) < 4.78 is 33.3. The highest BCUT2D eigenvalue weighted by atomic mass is 16.6. The maximum Gasteiger partial charge on any atom is 0.104 e. The molecule has 1 rings (SSSR count). The van der Waals surface area contributed by atoms with Gasteiger partial charge in [0, 0.05) is 13.2 Å². The van der Waals surface area contributed by atoms with Crippen molar-refractivity contribution in [3.05, 3.63) is 0 Å². The minimum Gasteiger partial charge on any atom is -0.396 e. The van der Waals surface area contributed by atoms with E-state index in [0.717, 1.165) is 25.7 Å². The summed E-state index contributed by atoms with van der Waals surface area (Å²) in [5.41, 5.74) is 0. The second-order valence-corrected chi connectivity index (χ2v) is 5.62. The Hall–Kier alpha value is -0.280. The van der Waals surface area contributed by atoms with Gasteiger partial charge in [0.1, 0.15) is 6.10 Å². The molecule has 0 aromatic heterocycles. The van der Waals surface area contributed by atoms with Crippen LogP contribution in [0.3, 0.4) is 0 Å². The van der Waals surface area contributed by atoms with E-state index in [9.17, 15) is 0 Å². The van der Waals surface area contributed by atoms with Crippen molar-refractivity contribution in [1.82, 2.24) is 0 Å². The molecule has 1 fully saturated rings. The lowest BCUT2D eigenvalue weighted by Crippen LogP contribution is -2.28. The minimum absolute atomic E-state index is 0.0703. The molecular formula is C17H34O7. The quantitative estimate of drug-likeness (QED) is 0.687. The first-order chi connectivity index (χ1) is 11.9. The van der Waals surface area contributed by atoms with Crippen molar-refractivity contribution in [3.8, 4) is 0 Å². The van der Waals surface area contributed by atoms with Crippen LogP contribution in [0, 0.1) is 0 Å². The summed E-state index contributed by atoms with van der Waals surface area (Å²) in [6, 6.07) is 0. The van der Waals surface area contributed by atoms with Crippen molar-refractivity contribution in [1.29, 1.82) is 0 Å². The molecular weight excluding hydrogens is 316 g/mol. The van der Waals surface area contributed by atoms with Gasteiger partial charge in [0.25, 0.3) is 0 Å². The first-order valence-corrected chi connectivity index (χ1v) is 9.04. The predicted molar refractivity (Wildman–Crippen MR) is 89.4 cm³/mol. The van der Waals surface area contributed by atoms with Gasteiger partial charge in [0.05, 0.1) is 66.1 Å². The maximum atomic E-state index is 8.76. The average molecular weight is 350 g/mol. The van der Waals surface area contributed by atoms with E-state index < -0.39 is 0 Å². The molecule has 0 atom stereocenters. The van der Waals surface area contributed by atoms with E-state index in [4.69, 9.17) is 33.5 Å². The van der Waals surface area contributed by atoms with Gasteiger partial charge in [-0.3, -0.25) is 0 Å². The largest absolute Gasteiger partial charge is 0.396 e. The van der Waals surface area contributed by atoms with E-state index in [1.165, 1.54) is 0 Å². The highest BCUT2D eigenvalue weighted by Crippen LogP contribution is 2.03. The maximum absolute atomic E-state index is 8.76. The summed E-state index contributed by atoms with van der Waals surface area (Å²) in [5, 5.41) is 8.76. The standard InChI is InChI=1S/C17H34O7/c18-5-3-1-2-4-6-24-17-15-22-13-11-20-9-7-19-8-10-21-12-14-23-16-17/h17-18H,1-16H2. The zero-order valence-electron chi connectivity index (χ0n) is 14.8. The van der Waals surface area contributed by atoms with Crippen molar-refractivity contribution in [2.75, 3.05) is 79.3 Å². The number of ether oxygens (including phenoxy) is 6. The summed E-state index contributed by atoms with van der Waals surface area (Å²) >= 11 is 0. The van der Waals surface area contributed by atoms with Gasteiger partial charge in [-0.15, -0.1) is 0 Å². The van der Waals surface area contributed by atoms with Crippen molar-refractivity contribution in [3.63, 3.8) is 0 Å². The third kappa shape index (κ3) is 14.1. The lowest BCUT2D eigenvalue weighted by Gasteiger charge is -2.19. The Morgan fingerprint density at radius 3 is 1.58 bits per heavy atom. The molecule has 0 spiro atoms. The van der Waals surface area contributed by atoms with Gasteiger partial charge in [-0.25, -0.2) is 0 Å². The molecule has 0 saturated carbocycles. The van der Waals surface area contributed by atoms with E-state index in [1.54, 1.807) is 0 Å². The molecule has 0 amide bonds. The molecule has 7 heteroatoms. The summed E-state index contributed by atoms with van der Waals surface area (Å²) in [5.74, 6) is 0. The third-order valence-electron chi connectivity index (χ3n) is 3.50. The van der Waals surface area contributed by atoms with Gasteiger partial charge in [-0.2, -0.15) is 0 Å². The summed E-state index contributed by atoms with van der Waals surface area (Å²) in [6.07, 6.45) is 3.89. The molecule has 0 unspecified atom stereocenters. The summed E-state index contributed by atoms with van der Waals surface area (Å²) in [4.78, 5) is 0. The zero-order valence-corrected chi connectivity index (χ0v) is 14.8. The summed E-state index contributed by atoms with van der Waals surface area (Å²) in [7, 11) is 0. The number of hydrogen-bond acceptors (Lipinski definition) is 7. The van der Waals surface area contributed by atoms with Crippen LogP contribution < -0.4 is 0 Å². The summed E-state index contributed by atoms with van der Waals surface area (Å²) in [6.45, 7) is 6.41. The normalized spacial score (nSPS) is 20.9. The first-order valence-electron chi connectivity index (χ1n) is 9.04. The molecule has 24 heavy (non-hydrogen) atoms. The molecule has 7 nitrogen and oxygen atoms in total. The molecule has 144 valence electrons. The number of rotatable bonds is 7. The van der Waals surface area contributed by atoms with Crippen LogP contribution in [0.2, 0.25) is 0 Å². The predicted octanol–water partition coefficient (Wildman–Crippen LogP) is 1.02. The molecule has 1 N–H and O–H groups in total. The van der Waals surface area contributed by atoms with Gasteiger partial charge in [-0.1, -0.05) is 12.8 Å². The number of aliphatic hydroxyl groups excluding tert-OH is 1. The number of aliphatic hydroxyl groups is 1. The Bertz CT molecular complexity index is 234. The van der Waals surface area contributed by atoms with E-state index >= 15 is 0 Å². The molecule has 0 aliphatic carbocycles. The highest BCUT2D eigenvalue weighted by molar-refractivity contribution is 4.56. The highest BCUT2D eigenvalue weighted by Gasteiger charge is 2.10. The lowest BCUT2D eigenvalue weighted by molar-refractivity contribution is -0.0801. The minimum atomic E-state index is -0.0703. The van der Waals surface area contributed by atoms with E-state index in [2.05, 4.69) is 0 Å². The lowest BCUT2D eigenvalue weighted by atomic mass is 10.2. The van der Waals surface area contributed by atoms with Crippen molar-refractivity contribution >= 4 is 0 Å². The fourth-order valence-electron chi connectivity index (χ4n) is 2.17. The van der Waals surface area contributed by atoms with Crippen LogP contribution in [0.5, 0.6) is 0 Å². The topological polar surface area (TPSA) is 75.6 Å². The van der Waals surface area contributed by atoms with Crippen LogP contribution >= 0.6 is 0 Å². The van der Waals surface area contributed by atoms with Crippen LogP contribution in [-0.2, 0) is 28.4 Å². The zero-order chi connectivity index (χ0) is 17.1. The van der Waals surface area contributed by atoms with Crippen molar-refractivity contribution in [2.45, 2.75) is 31.8 Å². The van der Waals surface area contributed by atoms with Crippen molar-refractivity contribution < 1.29 is 33.5 Å². The molecule has 1 saturated heterocycles. The smallest absolute Gasteiger partial charge is 0.104 e. The van der Waals surface area contributed by atoms with E-state index in [1.807, 2.05) is 0 Å². The Balaban J connectivity index is 2.16. The van der Waals surface area contributed by atoms with Crippen LogP contribution in [0.1, 0.15) is 25.7 Å². The Morgan fingerprint density at radius 2 is 1.08 bits per heavy atom. The molecule has 0 aromatic carbocycles. The molecule has 0 aromatic rings. The average Bonchev–Trinajstić information content (AvgIpc) is 2.59. The van der Waals surface area contributed by atoms with Crippen molar-refractivity contribution in [2.24, 2.45) is 0 Å². The Morgan fingerprint density at radius 1 is 0.625 bits per heavy atom. The second kappa shape index (κ2) is 17.5. The fraction of sp³-hybridized carbons (Fsp3) is 1.00. The molecule has 1 heterocycles.